The number of nitrogens with zero attached hydrogens (tertiary/aromatic N) is 1. The van der Waals surface area contributed by atoms with Crippen LogP contribution in [-0.4, -0.2) is 35.5 Å². The first-order valence-electron chi connectivity index (χ1n) is 5.63. The van der Waals surface area contributed by atoms with Crippen molar-refractivity contribution >= 4 is 28.5 Å². The van der Waals surface area contributed by atoms with Gasteiger partial charge < -0.3 is 5.32 Å². The molecular weight excluding hydrogens is 285 g/mol. The lowest BCUT2D eigenvalue weighted by Crippen LogP contribution is -2.51. The van der Waals surface area contributed by atoms with Gasteiger partial charge in [0.25, 0.3) is 0 Å². The van der Waals surface area contributed by atoms with Gasteiger partial charge in [-0.2, -0.15) is 13.2 Å². The molecule has 0 aromatic rings. The Balaban J connectivity index is 2.56. The third kappa shape index (κ3) is 3.96. The van der Waals surface area contributed by atoms with E-state index >= 15 is 0 Å². The highest BCUT2D eigenvalue weighted by Gasteiger charge is 2.42. The molecule has 1 amide bonds. The largest absolute Gasteiger partial charge is 0.408 e. The Labute approximate surface area is 114 Å². The Bertz CT molecular complexity index is 304. The van der Waals surface area contributed by atoms with Crippen molar-refractivity contribution in [3.63, 3.8) is 0 Å². The summed E-state index contributed by atoms with van der Waals surface area (Å²) in [5.74, 6) is -0.517. The van der Waals surface area contributed by atoms with Crippen LogP contribution in [0.2, 0.25) is 0 Å². The fraction of sp³-hybridized carbons (Fsp3) is 0.900. The van der Waals surface area contributed by atoms with E-state index in [0.717, 1.165) is 6.92 Å². The van der Waals surface area contributed by atoms with Crippen molar-refractivity contribution in [2.75, 3.05) is 13.1 Å². The fourth-order valence-electron chi connectivity index (χ4n) is 1.74. The Kier molecular flexibility index (Phi) is 5.25. The van der Waals surface area contributed by atoms with Gasteiger partial charge >= 0.3 is 6.18 Å². The Hall–Kier alpha value is -0.0800. The first-order valence-corrected chi connectivity index (χ1v) is 7.46. The topological polar surface area (TPSA) is 32.3 Å². The zero-order chi connectivity index (χ0) is 14.0. The zero-order valence-corrected chi connectivity index (χ0v) is 12.0. The van der Waals surface area contributed by atoms with Crippen molar-refractivity contribution < 1.29 is 18.0 Å². The summed E-state index contributed by atoms with van der Waals surface area (Å²) in [4.78, 5) is 11.9. The van der Waals surface area contributed by atoms with E-state index in [-0.39, 0.29) is 0 Å². The molecule has 1 aliphatic heterocycles. The van der Waals surface area contributed by atoms with Crippen LogP contribution in [-0.2, 0) is 4.79 Å². The lowest BCUT2D eigenvalue weighted by Gasteiger charge is -2.37. The summed E-state index contributed by atoms with van der Waals surface area (Å²) < 4.78 is 39.1. The Morgan fingerprint density at radius 2 is 1.94 bits per heavy atom. The van der Waals surface area contributed by atoms with Crippen LogP contribution in [0.1, 0.15) is 26.7 Å². The normalized spacial score (nSPS) is 22.6. The highest BCUT2D eigenvalue weighted by atomic mass is 33.1. The minimum Gasteiger partial charge on any atom is -0.344 e. The van der Waals surface area contributed by atoms with Crippen molar-refractivity contribution in [2.45, 2.75) is 38.9 Å². The molecule has 0 aromatic carbocycles. The third-order valence-corrected chi connectivity index (χ3v) is 4.62. The zero-order valence-electron chi connectivity index (χ0n) is 10.3. The number of alkyl halides is 3. The first-order chi connectivity index (χ1) is 8.19. The fourth-order valence-corrected chi connectivity index (χ4v) is 2.58. The van der Waals surface area contributed by atoms with Crippen molar-refractivity contribution in [3.05, 3.63) is 0 Å². The molecule has 106 valence electrons. The molecule has 1 N–H and O–H groups in total. The molecule has 0 spiro atoms. The molecule has 1 unspecified atom stereocenters. The van der Waals surface area contributed by atoms with Crippen LogP contribution in [0.25, 0.3) is 0 Å². The number of hydrogen-bond donors (Lipinski definition) is 2. The molecular formula is C10H17F3N2OS2. The van der Waals surface area contributed by atoms with Crippen molar-refractivity contribution in [1.29, 1.82) is 0 Å². The number of carbonyl (C=O) groups excluding carboxylic acids is 1. The van der Waals surface area contributed by atoms with E-state index in [9.17, 15) is 18.0 Å². The monoisotopic (exact) mass is 302 g/mol. The van der Waals surface area contributed by atoms with Crippen LogP contribution in [0.15, 0.2) is 0 Å². The molecule has 18 heavy (non-hydrogen) atoms. The molecule has 0 aliphatic carbocycles. The SMILES string of the molecule is CC(NC(=O)C1(C)CCN(SS)CC1)C(F)(F)F. The van der Waals surface area contributed by atoms with Crippen LogP contribution in [0.3, 0.4) is 0 Å². The van der Waals surface area contributed by atoms with E-state index in [1.54, 1.807) is 6.92 Å². The Morgan fingerprint density at radius 3 is 2.33 bits per heavy atom. The van der Waals surface area contributed by atoms with Gasteiger partial charge in [-0.25, -0.2) is 4.31 Å². The molecule has 1 rings (SSSR count). The molecule has 8 heteroatoms. The van der Waals surface area contributed by atoms with E-state index in [2.05, 4.69) is 17.0 Å². The minimum atomic E-state index is -4.40. The number of nitrogens with one attached hydrogen (secondary N) is 1. The van der Waals surface area contributed by atoms with Crippen molar-refractivity contribution in [2.24, 2.45) is 5.41 Å². The highest BCUT2D eigenvalue weighted by molar-refractivity contribution is 8.67. The number of rotatable bonds is 3. The first kappa shape index (κ1) is 16.0. The van der Waals surface area contributed by atoms with Crippen LogP contribution >= 0.6 is 22.6 Å². The molecule has 0 aromatic heterocycles. The number of amides is 1. The number of carbonyl (C=O) groups is 1. The molecule has 1 aliphatic rings. The van der Waals surface area contributed by atoms with Gasteiger partial charge in [0, 0.05) is 18.5 Å². The number of piperidine rings is 1. The molecule has 1 atom stereocenters. The molecule has 1 fully saturated rings. The molecule has 1 heterocycles. The summed E-state index contributed by atoms with van der Waals surface area (Å²) in [5.41, 5.74) is -0.723. The van der Waals surface area contributed by atoms with E-state index in [1.807, 2.05) is 4.31 Å². The lowest BCUT2D eigenvalue weighted by molar-refractivity contribution is -0.162. The summed E-state index contributed by atoms with van der Waals surface area (Å²) in [6.45, 7) is 3.98. The number of halogens is 3. The number of hydrogen-bond acceptors (Lipinski definition) is 4. The molecule has 0 bridgehead atoms. The minimum absolute atomic E-state index is 0.517. The molecule has 1 saturated heterocycles. The predicted molar refractivity (Wildman–Crippen MR) is 69.2 cm³/mol. The van der Waals surface area contributed by atoms with Crippen molar-refractivity contribution in [3.8, 4) is 0 Å². The van der Waals surface area contributed by atoms with Crippen LogP contribution in [0, 0.1) is 5.41 Å². The molecule has 0 radical (unpaired) electrons. The molecule has 0 saturated carbocycles. The van der Waals surface area contributed by atoms with Crippen LogP contribution in [0.4, 0.5) is 13.2 Å². The molecule has 3 nitrogen and oxygen atoms in total. The smallest absolute Gasteiger partial charge is 0.344 e. The summed E-state index contributed by atoms with van der Waals surface area (Å²) in [6, 6.07) is -1.81. The number of thiol groups is 1. The summed E-state index contributed by atoms with van der Waals surface area (Å²) in [6.07, 6.45) is -3.32. The average Bonchev–Trinajstić information content (AvgIpc) is 2.28. The van der Waals surface area contributed by atoms with Gasteiger partial charge in [-0.15, -0.1) is 0 Å². The summed E-state index contributed by atoms with van der Waals surface area (Å²) in [5, 5.41) is 2.05. The van der Waals surface area contributed by atoms with E-state index in [4.69, 9.17) is 0 Å². The van der Waals surface area contributed by atoms with Gasteiger partial charge in [-0.05, 0) is 30.7 Å². The van der Waals surface area contributed by atoms with Crippen LogP contribution < -0.4 is 5.32 Å². The van der Waals surface area contributed by atoms with E-state index in [1.165, 1.54) is 11.0 Å². The third-order valence-electron chi connectivity index (χ3n) is 3.33. The average molecular weight is 302 g/mol. The van der Waals surface area contributed by atoms with Gasteiger partial charge in [0.15, 0.2) is 0 Å². The van der Waals surface area contributed by atoms with E-state index in [0.29, 0.717) is 25.9 Å². The second-order valence-electron chi connectivity index (χ2n) is 4.81. The second kappa shape index (κ2) is 5.92. The second-order valence-corrected chi connectivity index (χ2v) is 5.98. The van der Waals surface area contributed by atoms with Crippen molar-refractivity contribution in [1.82, 2.24) is 9.62 Å². The van der Waals surface area contributed by atoms with Gasteiger partial charge in [0.05, 0.1) is 0 Å². The summed E-state index contributed by atoms with van der Waals surface area (Å²) in [7, 11) is 1.29. The highest BCUT2D eigenvalue weighted by Crippen LogP contribution is 2.34. The maximum absolute atomic E-state index is 12.4. The van der Waals surface area contributed by atoms with Crippen LogP contribution in [0.5, 0.6) is 0 Å². The van der Waals surface area contributed by atoms with Gasteiger partial charge in [0.2, 0.25) is 5.91 Å². The maximum Gasteiger partial charge on any atom is 0.408 e. The predicted octanol–water partition coefficient (Wildman–Crippen LogP) is 2.65. The Morgan fingerprint density at radius 1 is 1.44 bits per heavy atom. The quantitative estimate of drug-likeness (QED) is 0.477. The maximum atomic E-state index is 12.4. The lowest BCUT2D eigenvalue weighted by atomic mass is 9.80. The van der Waals surface area contributed by atoms with Gasteiger partial charge in [-0.1, -0.05) is 18.6 Å². The van der Waals surface area contributed by atoms with E-state index < -0.39 is 23.5 Å². The van der Waals surface area contributed by atoms with Gasteiger partial charge in [0.1, 0.15) is 6.04 Å². The van der Waals surface area contributed by atoms with Gasteiger partial charge in [-0.3, -0.25) is 4.79 Å². The standard InChI is InChI=1S/C10H17F3N2OS2/c1-7(10(11,12)13)14-8(16)9(2)3-5-15(18-17)6-4-9/h7,17H,3-6H2,1-2H3,(H,14,16). The summed E-state index contributed by atoms with van der Waals surface area (Å²) >= 11 is 4.06.